The van der Waals surface area contributed by atoms with Crippen molar-refractivity contribution in [1.82, 2.24) is 5.32 Å². The van der Waals surface area contributed by atoms with Crippen molar-refractivity contribution in [2.24, 2.45) is 0 Å². The van der Waals surface area contributed by atoms with E-state index in [1.54, 1.807) is 0 Å². The van der Waals surface area contributed by atoms with Crippen molar-refractivity contribution in [3.8, 4) is 0 Å². The predicted molar refractivity (Wildman–Crippen MR) is 85.4 cm³/mol. The van der Waals surface area contributed by atoms with E-state index >= 15 is 0 Å². The monoisotopic (exact) mass is 276 g/mol. The molecule has 1 aliphatic heterocycles. The molecule has 1 saturated heterocycles. The maximum atomic E-state index is 6.18. The molecule has 1 heterocycles. The Labute approximate surface area is 123 Å². The Balaban J connectivity index is 2.36. The van der Waals surface area contributed by atoms with Gasteiger partial charge in [0.1, 0.15) is 0 Å². The number of nitrogens with zero attached hydrogens (tertiary/aromatic N) is 1. The molecule has 0 bridgehead atoms. The maximum Gasteiger partial charge on any atom is 0.0808 e. The van der Waals surface area contributed by atoms with Crippen LogP contribution in [0.5, 0.6) is 0 Å². The lowest BCUT2D eigenvalue weighted by molar-refractivity contribution is -0.133. The Morgan fingerprint density at radius 1 is 1.10 bits per heavy atom. The van der Waals surface area contributed by atoms with Crippen LogP contribution in [0.2, 0.25) is 0 Å². The highest BCUT2D eigenvalue weighted by molar-refractivity contribution is 5.56. The standard InChI is InChI=1S/C17H28N2O/c1-13(18-6)14-9-7-8-10-15(14)19-11-16(2,3)20-17(4,5)12-19/h7-10,13,18H,11-12H2,1-6H3. The zero-order valence-corrected chi connectivity index (χ0v) is 13.7. The van der Waals surface area contributed by atoms with Crippen molar-refractivity contribution in [3.63, 3.8) is 0 Å². The van der Waals surface area contributed by atoms with Crippen molar-refractivity contribution in [2.45, 2.75) is 51.9 Å². The molecule has 112 valence electrons. The minimum absolute atomic E-state index is 0.127. The normalized spacial score (nSPS) is 22.6. The van der Waals surface area contributed by atoms with Gasteiger partial charge in [0.2, 0.25) is 0 Å². The molecule has 1 fully saturated rings. The summed E-state index contributed by atoms with van der Waals surface area (Å²) < 4.78 is 6.18. The quantitative estimate of drug-likeness (QED) is 0.916. The lowest BCUT2D eigenvalue weighted by Gasteiger charge is -2.48. The first kappa shape index (κ1) is 15.3. The van der Waals surface area contributed by atoms with Gasteiger partial charge in [0.15, 0.2) is 0 Å². The summed E-state index contributed by atoms with van der Waals surface area (Å²) in [4.78, 5) is 2.46. The summed E-state index contributed by atoms with van der Waals surface area (Å²) in [7, 11) is 2.01. The summed E-state index contributed by atoms with van der Waals surface area (Å²) in [6.07, 6.45) is 0. The Morgan fingerprint density at radius 3 is 2.20 bits per heavy atom. The van der Waals surface area contributed by atoms with Gasteiger partial charge >= 0.3 is 0 Å². The van der Waals surface area contributed by atoms with Crippen LogP contribution in [0.25, 0.3) is 0 Å². The number of para-hydroxylation sites is 1. The van der Waals surface area contributed by atoms with Gasteiger partial charge in [-0.1, -0.05) is 18.2 Å². The second-order valence-corrected chi connectivity index (χ2v) is 7.05. The van der Waals surface area contributed by atoms with Gasteiger partial charge in [-0.25, -0.2) is 0 Å². The third kappa shape index (κ3) is 3.33. The fourth-order valence-electron chi connectivity index (χ4n) is 3.26. The van der Waals surface area contributed by atoms with Crippen LogP contribution in [0.1, 0.15) is 46.2 Å². The van der Waals surface area contributed by atoms with E-state index in [9.17, 15) is 0 Å². The largest absolute Gasteiger partial charge is 0.366 e. The maximum absolute atomic E-state index is 6.18. The molecule has 0 amide bonds. The molecular formula is C17H28N2O. The fourth-order valence-corrected chi connectivity index (χ4v) is 3.26. The van der Waals surface area contributed by atoms with E-state index < -0.39 is 0 Å². The van der Waals surface area contributed by atoms with E-state index in [1.807, 2.05) is 7.05 Å². The number of hydrogen-bond acceptors (Lipinski definition) is 3. The van der Waals surface area contributed by atoms with Crippen LogP contribution in [0, 0.1) is 0 Å². The molecule has 3 heteroatoms. The van der Waals surface area contributed by atoms with Gasteiger partial charge in [-0.15, -0.1) is 0 Å². The van der Waals surface area contributed by atoms with Crippen LogP contribution in [-0.4, -0.2) is 31.3 Å². The zero-order valence-electron chi connectivity index (χ0n) is 13.7. The number of nitrogens with one attached hydrogen (secondary N) is 1. The molecule has 0 aromatic heterocycles. The van der Waals surface area contributed by atoms with E-state index in [2.05, 4.69) is 69.1 Å². The van der Waals surface area contributed by atoms with Gasteiger partial charge in [0.25, 0.3) is 0 Å². The second kappa shape index (κ2) is 5.38. The minimum Gasteiger partial charge on any atom is -0.366 e. The molecule has 2 rings (SSSR count). The van der Waals surface area contributed by atoms with Crippen LogP contribution in [0.4, 0.5) is 5.69 Å². The molecule has 0 spiro atoms. The Morgan fingerprint density at radius 2 is 1.65 bits per heavy atom. The molecular weight excluding hydrogens is 248 g/mol. The average Bonchev–Trinajstić information content (AvgIpc) is 2.34. The summed E-state index contributed by atoms with van der Waals surface area (Å²) in [5.41, 5.74) is 2.41. The third-order valence-electron chi connectivity index (χ3n) is 3.87. The molecule has 0 radical (unpaired) electrons. The van der Waals surface area contributed by atoms with Crippen molar-refractivity contribution in [3.05, 3.63) is 29.8 Å². The molecule has 0 saturated carbocycles. The first-order valence-corrected chi connectivity index (χ1v) is 7.45. The second-order valence-electron chi connectivity index (χ2n) is 7.05. The van der Waals surface area contributed by atoms with Crippen LogP contribution >= 0.6 is 0 Å². The topological polar surface area (TPSA) is 24.5 Å². The fraction of sp³-hybridized carbons (Fsp3) is 0.647. The Kier molecular flexibility index (Phi) is 4.12. The SMILES string of the molecule is CNC(C)c1ccccc1N1CC(C)(C)OC(C)(C)C1. The molecule has 1 aliphatic rings. The van der Waals surface area contributed by atoms with E-state index in [-0.39, 0.29) is 11.2 Å². The Bertz CT molecular complexity index is 452. The average molecular weight is 276 g/mol. The van der Waals surface area contributed by atoms with E-state index in [0.717, 1.165) is 13.1 Å². The van der Waals surface area contributed by atoms with Crippen molar-refractivity contribution >= 4 is 5.69 Å². The van der Waals surface area contributed by atoms with Crippen LogP contribution < -0.4 is 10.2 Å². The summed E-state index contributed by atoms with van der Waals surface area (Å²) in [5, 5.41) is 3.34. The van der Waals surface area contributed by atoms with Gasteiger partial charge < -0.3 is 15.0 Å². The lowest BCUT2D eigenvalue weighted by atomic mass is 9.96. The highest BCUT2D eigenvalue weighted by Crippen LogP contribution is 2.34. The number of rotatable bonds is 3. The van der Waals surface area contributed by atoms with Crippen molar-refractivity contribution in [2.75, 3.05) is 25.0 Å². The van der Waals surface area contributed by atoms with Crippen LogP contribution in [-0.2, 0) is 4.74 Å². The number of hydrogen-bond donors (Lipinski definition) is 1. The molecule has 1 atom stereocenters. The van der Waals surface area contributed by atoms with Gasteiger partial charge in [-0.05, 0) is 53.3 Å². The highest BCUT2D eigenvalue weighted by Gasteiger charge is 2.38. The van der Waals surface area contributed by atoms with E-state index in [0.29, 0.717) is 6.04 Å². The molecule has 1 N–H and O–H groups in total. The number of benzene rings is 1. The molecule has 20 heavy (non-hydrogen) atoms. The van der Waals surface area contributed by atoms with E-state index in [4.69, 9.17) is 4.74 Å². The van der Waals surface area contributed by atoms with Gasteiger partial charge in [-0.3, -0.25) is 0 Å². The smallest absolute Gasteiger partial charge is 0.0808 e. The van der Waals surface area contributed by atoms with Crippen LogP contribution in [0.3, 0.4) is 0 Å². The van der Waals surface area contributed by atoms with E-state index in [1.165, 1.54) is 11.3 Å². The summed E-state index contributed by atoms with van der Waals surface area (Å²) >= 11 is 0. The van der Waals surface area contributed by atoms with Crippen molar-refractivity contribution < 1.29 is 4.74 Å². The lowest BCUT2D eigenvalue weighted by Crippen LogP contribution is -2.57. The summed E-state index contributed by atoms with van der Waals surface area (Å²) in [6, 6.07) is 9.02. The number of ether oxygens (including phenoxy) is 1. The van der Waals surface area contributed by atoms with Gasteiger partial charge in [0.05, 0.1) is 11.2 Å². The molecule has 1 unspecified atom stereocenters. The Hall–Kier alpha value is -1.06. The molecule has 1 aromatic carbocycles. The number of morpholine rings is 1. The summed E-state index contributed by atoms with van der Waals surface area (Å²) in [5.74, 6) is 0. The third-order valence-corrected chi connectivity index (χ3v) is 3.87. The van der Waals surface area contributed by atoms with Gasteiger partial charge in [-0.2, -0.15) is 0 Å². The summed E-state index contributed by atoms with van der Waals surface area (Å²) in [6.45, 7) is 12.7. The zero-order chi connectivity index (χ0) is 15.0. The van der Waals surface area contributed by atoms with Crippen LogP contribution in [0.15, 0.2) is 24.3 Å². The van der Waals surface area contributed by atoms with Gasteiger partial charge in [0, 0.05) is 24.8 Å². The number of anilines is 1. The highest BCUT2D eigenvalue weighted by atomic mass is 16.5. The first-order valence-electron chi connectivity index (χ1n) is 7.45. The molecule has 3 nitrogen and oxygen atoms in total. The van der Waals surface area contributed by atoms with Crippen molar-refractivity contribution in [1.29, 1.82) is 0 Å². The molecule has 0 aliphatic carbocycles. The predicted octanol–water partition coefficient (Wildman–Crippen LogP) is 3.36. The minimum atomic E-state index is -0.127. The first-order chi connectivity index (χ1) is 9.24. The molecule has 1 aromatic rings.